The number of nitrogens with one attached hydrogen (secondary N) is 2. The van der Waals surface area contributed by atoms with Gasteiger partial charge < -0.3 is 24.8 Å². The summed E-state index contributed by atoms with van der Waals surface area (Å²) in [6, 6.07) is 13.0. The first-order chi connectivity index (χ1) is 17.9. The van der Waals surface area contributed by atoms with Gasteiger partial charge in [0, 0.05) is 31.1 Å². The fourth-order valence-electron chi connectivity index (χ4n) is 4.54. The fourth-order valence-corrected chi connectivity index (χ4v) is 4.54. The maximum absolute atomic E-state index is 12.5. The Labute approximate surface area is 219 Å². The molecular formula is C29H38N2O6. The Morgan fingerprint density at radius 1 is 0.892 bits per heavy atom. The van der Waals surface area contributed by atoms with E-state index in [0.29, 0.717) is 48.7 Å². The number of esters is 1. The van der Waals surface area contributed by atoms with Crippen LogP contribution >= 0.6 is 0 Å². The molecule has 0 aromatic heterocycles. The number of hydrogen-bond donors (Lipinski definition) is 2. The summed E-state index contributed by atoms with van der Waals surface area (Å²) in [7, 11) is 0. The molecule has 0 bridgehead atoms. The number of carbonyl (C=O) groups is 3. The van der Waals surface area contributed by atoms with Crippen molar-refractivity contribution in [3.05, 3.63) is 53.6 Å². The van der Waals surface area contributed by atoms with Gasteiger partial charge in [0.05, 0.1) is 19.8 Å². The Hall–Kier alpha value is -3.55. The topological polar surface area (TPSA) is 103 Å². The van der Waals surface area contributed by atoms with E-state index in [1.807, 2.05) is 26.0 Å². The van der Waals surface area contributed by atoms with Gasteiger partial charge in [-0.15, -0.1) is 0 Å². The van der Waals surface area contributed by atoms with Crippen molar-refractivity contribution in [1.82, 2.24) is 5.32 Å². The predicted octanol–water partition coefficient (Wildman–Crippen LogP) is 5.08. The highest BCUT2D eigenvalue weighted by Gasteiger charge is 2.23. The summed E-state index contributed by atoms with van der Waals surface area (Å²) in [5, 5.41) is 5.68. The zero-order valence-electron chi connectivity index (χ0n) is 22.0. The van der Waals surface area contributed by atoms with Crippen LogP contribution in [0.2, 0.25) is 0 Å². The highest BCUT2D eigenvalue weighted by atomic mass is 16.5. The molecule has 0 radical (unpaired) electrons. The summed E-state index contributed by atoms with van der Waals surface area (Å²) < 4.78 is 16.3. The van der Waals surface area contributed by atoms with E-state index in [4.69, 9.17) is 14.2 Å². The van der Waals surface area contributed by atoms with Crippen LogP contribution in [0.3, 0.4) is 0 Å². The Kier molecular flexibility index (Phi) is 10.8. The highest BCUT2D eigenvalue weighted by molar-refractivity contribution is 5.95. The van der Waals surface area contributed by atoms with E-state index < -0.39 is 0 Å². The number of rotatable bonds is 12. The van der Waals surface area contributed by atoms with E-state index in [1.165, 1.54) is 12.5 Å². The van der Waals surface area contributed by atoms with Crippen LogP contribution in [0, 0.1) is 5.92 Å². The lowest BCUT2D eigenvalue weighted by Gasteiger charge is -2.28. The average molecular weight is 511 g/mol. The van der Waals surface area contributed by atoms with Crippen molar-refractivity contribution in [1.29, 1.82) is 0 Å². The zero-order chi connectivity index (χ0) is 26.6. The molecule has 0 aliphatic heterocycles. The van der Waals surface area contributed by atoms with Gasteiger partial charge in [-0.05, 0) is 87.3 Å². The molecule has 2 aromatic rings. The smallest absolute Gasteiger partial charge is 0.302 e. The molecule has 1 aliphatic carbocycles. The largest absolute Gasteiger partial charge is 0.490 e. The predicted molar refractivity (Wildman–Crippen MR) is 142 cm³/mol. The van der Waals surface area contributed by atoms with Crippen molar-refractivity contribution in [3.8, 4) is 11.5 Å². The molecule has 0 heterocycles. The number of ether oxygens (including phenoxy) is 3. The molecule has 2 N–H and O–H groups in total. The molecule has 0 unspecified atom stereocenters. The molecule has 8 heteroatoms. The molecule has 2 aromatic carbocycles. The third-order valence-electron chi connectivity index (χ3n) is 6.48. The minimum atomic E-state index is -0.274. The quantitative estimate of drug-likeness (QED) is 0.386. The minimum absolute atomic E-state index is 0.162. The molecule has 37 heavy (non-hydrogen) atoms. The van der Waals surface area contributed by atoms with Crippen LogP contribution in [0.15, 0.2) is 42.5 Å². The van der Waals surface area contributed by atoms with Gasteiger partial charge in [-0.25, -0.2) is 0 Å². The van der Waals surface area contributed by atoms with Gasteiger partial charge in [0.15, 0.2) is 11.5 Å². The molecule has 0 saturated heterocycles. The molecule has 1 fully saturated rings. The Bertz CT molecular complexity index is 1040. The second kappa shape index (κ2) is 14.3. The monoisotopic (exact) mass is 510 g/mol. The Morgan fingerprint density at radius 2 is 1.57 bits per heavy atom. The molecule has 8 nitrogen and oxygen atoms in total. The van der Waals surface area contributed by atoms with E-state index in [2.05, 4.69) is 22.8 Å². The van der Waals surface area contributed by atoms with Crippen LogP contribution in [0.4, 0.5) is 5.69 Å². The third-order valence-corrected chi connectivity index (χ3v) is 6.48. The van der Waals surface area contributed by atoms with E-state index >= 15 is 0 Å². The van der Waals surface area contributed by atoms with Crippen LogP contribution in [0.1, 0.15) is 74.7 Å². The Balaban J connectivity index is 1.41. The van der Waals surface area contributed by atoms with Crippen molar-refractivity contribution in [2.75, 3.05) is 31.7 Å². The van der Waals surface area contributed by atoms with Gasteiger partial charge in [-0.2, -0.15) is 0 Å². The first kappa shape index (κ1) is 28.0. The molecule has 200 valence electrons. The SMILES string of the molecule is CCOc1ccc(C(=O)NCCC(=O)Nc2ccc(C3CCC(COC(C)=O)CC3)cc2)cc1OCC. The van der Waals surface area contributed by atoms with Gasteiger partial charge in [-0.1, -0.05) is 12.1 Å². The first-order valence-electron chi connectivity index (χ1n) is 13.1. The van der Waals surface area contributed by atoms with Gasteiger partial charge in [0.25, 0.3) is 5.91 Å². The van der Waals surface area contributed by atoms with Crippen LogP contribution in [0.25, 0.3) is 0 Å². The summed E-state index contributed by atoms with van der Waals surface area (Å²) in [5.74, 6) is 1.39. The molecule has 2 amide bonds. The lowest BCUT2D eigenvalue weighted by molar-refractivity contribution is -0.142. The maximum atomic E-state index is 12.5. The minimum Gasteiger partial charge on any atom is -0.490 e. The number of benzene rings is 2. The normalized spacial score (nSPS) is 16.9. The molecule has 0 spiro atoms. The van der Waals surface area contributed by atoms with E-state index in [-0.39, 0.29) is 30.7 Å². The van der Waals surface area contributed by atoms with Crippen LogP contribution in [-0.4, -0.2) is 44.1 Å². The molecule has 1 saturated carbocycles. The number of amides is 2. The summed E-state index contributed by atoms with van der Waals surface area (Å²) in [5.41, 5.74) is 2.44. The van der Waals surface area contributed by atoms with Crippen molar-refractivity contribution in [2.24, 2.45) is 5.92 Å². The third kappa shape index (κ3) is 8.81. The van der Waals surface area contributed by atoms with E-state index in [9.17, 15) is 14.4 Å². The van der Waals surface area contributed by atoms with Gasteiger partial charge in [-0.3, -0.25) is 14.4 Å². The van der Waals surface area contributed by atoms with E-state index in [0.717, 1.165) is 31.4 Å². The fraction of sp³-hybridized carbons (Fsp3) is 0.483. The second-order valence-corrected chi connectivity index (χ2v) is 9.22. The van der Waals surface area contributed by atoms with Gasteiger partial charge in [0.1, 0.15) is 0 Å². The molecule has 0 atom stereocenters. The summed E-state index contributed by atoms with van der Waals surface area (Å²) in [6.45, 7) is 6.91. The van der Waals surface area contributed by atoms with Crippen LogP contribution in [0.5, 0.6) is 11.5 Å². The van der Waals surface area contributed by atoms with Crippen LogP contribution in [-0.2, 0) is 14.3 Å². The molecule has 1 aliphatic rings. The highest BCUT2D eigenvalue weighted by Crippen LogP contribution is 2.36. The van der Waals surface area contributed by atoms with Crippen molar-refractivity contribution >= 4 is 23.5 Å². The number of carbonyl (C=O) groups excluding carboxylic acids is 3. The van der Waals surface area contributed by atoms with Crippen molar-refractivity contribution in [2.45, 2.75) is 58.8 Å². The number of hydrogen-bond acceptors (Lipinski definition) is 6. The van der Waals surface area contributed by atoms with Crippen molar-refractivity contribution in [3.63, 3.8) is 0 Å². The lowest BCUT2D eigenvalue weighted by atomic mass is 9.79. The first-order valence-corrected chi connectivity index (χ1v) is 13.1. The van der Waals surface area contributed by atoms with Crippen molar-refractivity contribution < 1.29 is 28.6 Å². The standard InChI is InChI=1S/C29H38N2O6/c1-4-35-26-15-12-24(18-27(26)36-5-2)29(34)30-17-16-28(33)31-25-13-10-23(11-14-25)22-8-6-21(7-9-22)19-37-20(3)32/h10-15,18,21-22H,4-9,16-17,19H2,1-3H3,(H,30,34)(H,31,33). The number of anilines is 1. The zero-order valence-corrected chi connectivity index (χ0v) is 22.0. The molecular weight excluding hydrogens is 472 g/mol. The maximum Gasteiger partial charge on any atom is 0.302 e. The molecule has 3 rings (SSSR count). The van der Waals surface area contributed by atoms with Gasteiger partial charge >= 0.3 is 5.97 Å². The lowest BCUT2D eigenvalue weighted by Crippen LogP contribution is -2.27. The Morgan fingerprint density at radius 3 is 2.22 bits per heavy atom. The summed E-state index contributed by atoms with van der Waals surface area (Å²) in [4.78, 5) is 35.9. The second-order valence-electron chi connectivity index (χ2n) is 9.22. The van der Waals surface area contributed by atoms with Crippen LogP contribution < -0.4 is 20.1 Å². The average Bonchev–Trinajstić information content (AvgIpc) is 2.89. The van der Waals surface area contributed by atoms with Gasteiger partial charge in [0.2, 0.25) is 5.91 Å². The summed E-state index contributed by atoms with van der Waals surface area (Å²) >= 11 is 0. The summed E-state index contributed by atoms with van der Waals surface area (Å²) in [6.07, 6.45) is 4.39. The van der Waals surface area contributed by atoms with E-state index in [1.54, 1.807) is 18.2 Å².